The average Bonchev–Trinajstić information content (AvgIpc) is 3.40. The summed E-state index contributed by atoms with van der Waals surface area (Å²) in [5.74, 6) is 0. The zero-order valence-electron chi connectivity index (χ0n) is 25.3. The van der Waals surface area contributed by atoms with Gasteiger partial charge in [-0.1, -0.05) is 151 Å². The smallest absolute Gasteiger partial charge is 0.0716 e. The molecule has 9 rings (SSSR count). The van der Waals surface area contributed by atoms with Gasteiger partial charge in [0.05, 0.1) is 11.5 Å². The van der Waals surface area contributed by atoms with Gasteiger partial charge in [0.15, 0.2) is 0 Å². The first kappa shape index (κ1) is 26.4. The molecule has 3 aliphatic rings. The third-order valence-corrected chi connectivity index (χ3v) is 10.4. The van der Waals surface area contributed by atoms with Gasteiger partial charge in [-0.25, -0.2) is 0 Å². The number of rotatable bonds is 5. The molecule has 0 saturated carbocycles. The van der Waals surface area contributed by atoms with E-state index in [9.17, 15) is 0 Å². The second-order valence-electron chi connectivity index (χ2n) is 12.8. The van der Waals surface area contributed by atoms with Gasteiger partial charge >= 0.3 is 0 Å². The summed E-state index contributed by atoms with van der Waals surface area (Å²) in [4.78, 5) is 0. The molecule has 0 fully saturated rings. The highest BCUT2D eigenvalue weighted by Crippen LogP contribution is 2.61. The second-order valence-corrected chi connectivity index (χ2v) is 12.8. The lowest BCUT2D eigenvalue weighted by molar-refractivity contribution is 0.563. The Bertz CT molecular complexity index is 2100. The fraction of sp³-hybridized carbons (Fsp3) is 0.136. The average molecular weight is 578 g/mol. The lowest BCUT2D eigenvalue weighted by Gasteiger charge is -2.43. The van der Waals surface area contributed by atoms with Crippen LogP contribution in [0, 0.1) is 0 Å². The largest absolute Gasteiger partial charge is 0.302 e. The number of nitrogens with one attached hydrogen (secondary N) is 1. The quantitative estimate of drug-likeness (QED) is 0.215. The van der Waals surface area contributed by atoms with Crippen molar-refractivity contribution < 1.29 is 0 Å². The van der Waals surface area contributed by atoms with Crippen LogP contribution in [0.5, 0.6) is 0 Å². The lowest BCUT2D eigenvalue weighted by atomic mass is 9.59. The Morgan fingerprint density at radius 1 is 0.578 bits per heavy atom. The molecular formula is C44H35N. The Kier molecular flexibility index (Phi) is 6.21. The Balaban J connectivity index is 1.20. The summed E-state index contributed by atoms with van der Waals surface area (Å²) in [5, 5.41) is 6.61. The molecule has 45 heavy (non-hydrogen) atoms. The van der Waals surface area contributed by atoms with Crippen molar-refractivity contribution in [3.8, 4) is 11.1 Å². The van der Waals surface area contributed by atoms with E-state index in [2.05, 4.69) is 157 Å². The monoisotopic (exact) mass is 577 g/mol. The topological polar surface area (TPSA) is 12.0 Å². The fourth-order valence-electron chi connectivity index (χ4n) is 8.48. The van der Waals surface area contributed by atoms with Gasteiger partial charge in [-0.15, -0.1) is 0 Å². The van der Waals surface area contributed by atoms with Gasteiger partial charge in [0.2, 0.25) is 0 Å². The predicted octanol–water partition coefficient (Wildman–Crippen LogP) is 10.3. The molecule has 3 aliphatic carbocycles. The number of hydrogen-bond acceptors (Lipinski definition) is 1. The molecule has 216 valence electrons. The van der Waals surface area contributed by atoms with Crippen LogP contribution in [0.3, 0.4) is 0 Å². The molecule has 6 aromatic carbocycles. The molecular weight excluding hydrogens is 542 g/mol. The van der Waals surface area contributed by atoms with Crippen LogP contribution in [-0.2, 0) is 18.4 Å². The minimum absolute atomic E-state index is 0.132. The molecule has 0 aromatic heterocycles. The van der Waals surface area contributed by atoms with Crippen molar-refractivity contribution in [3.63, 3.8) is 0 Å². The summed E-state index contributed by atoms with van der Waals surface area (Å²) in [6.45, 7) is 0.813. The minimum Gasteiger partial charge on any atom is -0.302 e. The van der Waals surface area contributed by atoms with Gasteiger partial charge in [-0.3, -0.25) is 0 Å². The number of fused-ring (bicyclic) bond motifs is 9. The standard InChI is InChI=1S/C44H35N/c1-2-13-32(14-3-1)43(45-29-30-22-23-31-12-4-5-15-33(31)26-30)36-25-24-35-27-34-16-6-9-19-39(34)44(42(35)28-36)40-20-10-7-17-37(40)38-18-8-11-21-41(38)44/h1-23,26,28,43,45H,24-25,27,29H2. The summed E-state index contributed by atoms with van der Waals surface area (Å²) < 4.78 is 0. The van der Waals surface area contributed by atoms with Crippen LogP contribution in [0.1, 0.15) is 52.3 Å². The van der Waals surface area contributed by atoms with Crippen LogP contribution >= 0.6 is 0 Å². The molecule has 0 radical (unpaired) electrons. The van der Waals surface area contributed by atoms with Crippen molar-refractivity contribution >= 4 is 10.8 Å². The first-order chi connectivity index (χ1) is 22.3. The van der Waals surface area contributed by atoms with Crippen LogP contribution in [0.15, 0.2) is 168 Å². The van der Waals surface area contributed by atoms with E-state index in [-0.39, 0.29) is 11.5 Å². The van der Waals surface area contributed by atoms with Gasteiger partial charge in [0.25, 0.3) is 0 Å². The number of allylic oxidation sites excluding steroid dienone is 3. The first-order valence-corrected chi connectivity index (χ1v) is 16.3. The van der Waals surface area contributed by atoms with Gasteiger partial charge in [-0.2, -0.15) is 0 Å². The molecule has 0 aliphatic heterocycles. The van der Waals surface area contributed by atoms with Gasteiger partial charge in [-0.05, 0) is 91.8 Å². The highest BCUT2D eigenvalue weighted by atomic mass is 14.9. The van der Waals surface area contributed by atoms with E-state index in [0.29, 0.717) is 0 Å². The molecule has 6 aromatic rings. The molecule has 1 spiro atoms. The molecule has 1 unspecified atom stereocenters. The summed E-state index contributed by atoms with van der Waals surface area (Å²) in [7, 11) is 0. The van der Waals surface area contributed by atoms with Crippen molar-refractivity contribution in [1.82, 2.24) is 5.32 Å². The molecule has 1 heteroatoms. The summed E-state index contributed by atoms with van der Waals surface area (Å²) >= 11 is 0. The van der Waals surface area contributed by atoms with Gasteiger partial charge in [0, 0.05) is 6.54 Å². The third kappa shape index (κ3) is 4.11. The normalized spacial score (nSPS) is 16.5. The van der Waals surface area contributed by atoms with E-state index in [1.807, 2.05) is 0 Å². The highest BCUT2D eigenvalue weighted by Gasteiger charge is 2.50. The third-order valence-electron chi connectivity index (χ3n) is 10.4. The Morgan fingerprint density at radius 3 is 2.00 bits per heavy atom. The predicted molar refractivity (Wildman–Crippen MR) is 186 cm³/mol. The van der Waals surface area contributed by atoms with Gasteiger partial charge in [0.1, 0.15) is 0 Å². The summed E-state index contributed by atoms with van der Waals surface area (Å²) in [6, 6.07) is 54.2. The van der Waals surface area contributed by atoms with Crippen LogP contribution in [0.25, 0.3) is 21.9 Å². The summed E-state index contributed by atoms with van der Waals surface area (Å²) in [6.07, 6.45) is 5.79. The molecule has 0 saturated heterocycles. The van der Waals surface area contributed by atoms with E-state index in [1.165, 1.54) is 66.4 Å². The molecule has 1 nitrogen and oxygen atoms in total. The Hall–Kier alpha value is -4.98. The van der Waals surface area contributed by atoms with Crippen molar-refractivity contribution in [3.05, 3.63) is 202 Å². The van der Waals surface area contributed by atoms with Crippen LogP contribution < -0.4 is 5.32 Å². The van der Waals surface area contributed by atoms with Gasteiger partial charge < -0.3 is 5.32 Å². The number of benzene rings is 6. The number of hydrogen-bond donors (Lipinski definition) is 1. The maximum Gasteiger partial charge on any atom is 0.0716 e. The van der Waals surface area contributed by atoms with E-state index in [0.717, 1.165) is 25.8 Å². The zero-order valence-corrected chi connectivity index (χ0v) is 25.3. The van der Waals surface area contributed by atoms with Crippen molar-refractivity contribution in [2.24, 2.45) is 0 Å². The van der Waals surface area contributed by atoms with E-state index >= 15 is 0 Å². The van der Waals surface area contributed by atoms with Crippen molar-refractivity contribution in [2.45, 2.75) is 37.3 Å². The minimum atomic E-state index is -0.303. The molecule has 1 atom stereocenters. The highest BCUT2D eigenvalue weighted by molar-refractivity contribution is 5.88. The zero-order chi connectivity index (χ0) is 29.8. The molecule has 0 amide bonds. The van der Waals surface area contributed by atoms with E-state index in [4.69, 9.17) is 0 Å². The van der Waals surface area contributed by atoms with Crippen LogP contribution in [0.4, 0.5) is 0 Å². The van der Waals surface area contributed by atoms with E-state index < -0.39 is 0 Å². The maximum absolute atomic E-state index is 4.03. The van der Waals surface area contributed by atoms with Crippen LogP contribution in [-0.4, -0.2) is 0 Å². The Morgan fingerprint density at radius 2 is 1.22 bits per heavy atom. The molecule has 0 bridgehead atoms. The van der Waals surface area contributed by atoms with Crippen molar-refractivity contribution in [2.75, 3.05) is 0 Å². The Labute approximate surface area is 265 Å². The summed E-state index contributed by atoms with van der Waals surface area (Å²) in [5.41, 5.74) is 15.4. The van der Waals surface area contributed by atoms with Crippen LogP contribution in [0.2, 0.25) is 0 Å². The SMILES string of the molecule is C1=C(C(NCc2ccc3ccccc3c2)c2ccccc2)CCC2=C1C1(c3ccccc3C2)c2ccccc2-c2ccccc21. The lowest BCUT2D eigenvalue weighted by Crippen LogP contribution is -2.36. The fourth-order valence-corrected chi connectivity index (χ4v) is 8.48. The maximum atomic E-state index is 4.03. The molecule has 1 N–H and O–H groups in total. The first-order valence-electron chi connectivity index (χ1n) is 16.3. The molecule has 0 heterocycles. The van der Waals surface area contributed by atoms with E-state index in [1.54, 1.807) is 5.57 Å². The second kappa shape index (κ2) is 10.6. The van der Waals surface area contributed by atoms with Crippen molar-refractivity contribution in [1.29, 1.82) is 0 Å².